The molecule has 1 fully saturated rings. The van der Waals surface area contributed by atoms with Gasteiger partial charge in [0.1, 0.15) is 12.1 Å². The average Bonchev–Trinajstić information content (AvgIpc) is 2.83. The fraction of sp³-hybridized carbons (Fsp3) is 0.556. The molecule has 3 rings (SSSR count). The van der Waals surface area contributed by atoms with E-state index in [1.54, 1.807) is 0 Å². The monoisotopic (exact) mass is 368 g/mol. The summed E-state index contributed by atoms with van der Waals surface area (Å²) in [6.07, 6.45) is 5.46. The van der Waals surface area contributed by atoms with Crippen molar-refractivity contribution in [2.24, 2.45) is 0 Å². The maximum absolute atomic E-state index is 10.8. The van der Waals surface area contributed by atoms with E-state index in [0.717, 1.165) is 24.4 Å². The summed E-state index contributed by atoms with van der Waals surface area (Å²) in [6.45, 7) is 0.717. The number of benzene rings is 1. The van der Waals surface area contributed by atoms with Gasteiger partial charge in [0.2, 0.25) is 0 Å². The van der Waals surface area contributed by atoms with Crippen molar-refractivity contribution in [3.8, 4) is 0 Å². The number of carboxylic acid groups (broad SMARTS) is 1. The Bertz CT molecular complexity index is 675. The van der Waals surface area contributed by atoms with E-state index in [1.165, 1.54) is 19.3 Å². The number of hydrogen-bond acceptors (Lipinski definition) is 3. The third-order valence-corrected chi connectivity index (χ3v) is 5.89. The molecule has 0 unspecified atom stereocenters. The molecule has 1 aliphatic heterocycles. The summed E-state index contributed by atoms with van der Waals surface area (Å²) >= 11 is 12.3. The van der Waals surface area contributed by atoms with Crippen molar-refractivity contribution in [2.45, 2.75) is 50.6 Å². The Balaban J connectivity index is 1.92. The molecule has 1 aromatic carbocycles. The van der Waals surface area contributed by atoms with Crippen LogP contribution in [0, 0.1) is 0 Å². The molecule has 1 saturated carbocycles. The van der Waals surface area contributed by atoms with E-state index in [9.17, 15) is 9.90 Å². The van der Waals surface area contributed by atoms with Gasteiger partial charge in [0.25, 0.3) is 5.84 Å². The van der Waals surface area contributed by atoms with Gasteiger partial charge in [0.05, 0.1) is 29.2 Å². The highest BCUT2D eigenvalue weighted by atomic mass is 35.5. The third kappa shape index (κ3) is 3.40. The molecular weight excluding hydrogens is 347 g/mol. The predicted molar refractivity (Wildman–Crippen MR) is 93.7 cm³/mol. The molecule has 6 heteroatoms. The zero-order chi connectivity index (χ0) is 17.3. The molecule has 1 aromatic rings. The van der Waals surface area contributed by atoms with Gasteiger partial charge < -0.3 is 9.90 Å². The van der Waals surface area contributed by atoms with Gasteiger partial charge in [0, 0.05) is 5.97 Å². The molecule has 2 atom stereocenters. The van der Waals surface area contributed by atoms with Crippen LogP contribution < -0.4 is 5.11 Å². The Morgan fingerprint density at radius 2 is 2.04 bits per heavy atom. The second-order valence-electron chi connectivity index (χ2n) is 6.65. The minimum Gasteiger partial charge on any atom is -0.550 e. The Morgan fingerprint density at radius 3 is 2.75 bits per heavy atom. The number of aliphatic carboxylic acids is 1. The van der Waals surface area contributed by atoms with Gasteiger partial charge >= 0.3 is 0 Å². The Kier molecular flexibility index (Phi) is 5.36. The molecular formula is C18H22Cl2N2O2. The van der Waals surface area contributed by atoms with E-state index in [1.807, 2.05) is 18.2 Å². The highest BCUT2D eigenvalue weighted by molar-refractivity contribution is 6.42. The highest BCUT2D eigenvalue weighted by Crippen LogP contribution is 2.33. The van der Waals surface area contributed by atoms with Crippen molar-refractivity contribution < 1.29 is 14.5 Å². The van der Waals surface area contributed by atoms with Crippen molar-refractivity contribution in [1.29, 1.82) is 0 Å². The van der Waals surface area contributed by atoms with Crippen molar-refractivity contribution in [2.75, 3.05) is 13.6 Å². The standard InChI is InChI=1S/C18H22Cl2N2O2/c1-21-15-5-2-3-6-16(15)22(10-4-7-17(23)24)18(21)12-8-9-13(19)14(20)11-12/h8-9,11,15-16H,2-7,10H2,1H3/t15-,16+/m1/s1. The van der Waals surface area contributed by atoms with Crippen LogP contribution in [0.15, 0.2) is 18.2 Å². The minimum absolute atomic E-state index is 0.0895. The quantitative estimate of drug-likeness (QED) is 0.750. The molecule has 1 aliphatic carbocycles. The first-order valence-corrected chi connectivity index (χ1v) is 9.26. The summed E-state index contributed by atoms with van der Waals surface area (Å²) in [4.78, 5) is 13.1. The van der Waals surface area contributed by atoms with Crippen LogP contribution in [-0.4, -0.2) is 47.0 Å². The van der Waals surface area contributed by atoms with Crippen LogP contribution in [0.2, 0.25) is 10.0 Å². The summed E-state index contributed by atoms with van der Waals surface area (Å²) in [5.41, 5.74) is 1.04. The molecule has 0 N–H and O–H groups in total. The second-order valence-corrected chi connectivity index (χ2v) is 7.47. The summed E-state index contributed by atoms with van der Waals surface area (Å²) in [5.74, 6) is 0.141. The first kappa shape index (κ1) is 17.6. The van der Waals surface area contributed by atoms with Crippen molar-refractivity contribution in [3.63, 3.8) is 0 Å². The highest BCUT2D eigenvalue weighted by Gasteiger charge is 2.47. The SMILES string of the molecule is C[N+]1=C(c2ccc(Cl)c(Cl)c2)N(CCCC(=O)[O-])[C@H]2CCCC[C@H]21. The fourth-order valence-corrected chi connectivity index (χ4v) is 4.39. The van der Waals surface area contributed by atoms with E-state index in [4.69, 9.17) is 23.2 Å². The van der Waals surface area contributed by atoms with Crippen LogP contribution in [-0.2, 0) is 4.79 Å². The van der Waals surface area contributed by atoms with Crippen molar-refractivity contribution in [3.05, 3.63) is 33.8 Å². The van der Waals surface area contributed by atoms with Gasteiger partial charge in [-0.1, -0.05) is 23.2 Å². The van der Waals surface area contributed by atoms with Crippen LogP contribution in [0.4, 0.5) is 0 Å². The van der Waals surface area contributed by atoms with Crippen LogP contribution >= 0.6 is 23.2 Å². The summed E-state index contributed by atoms with van der Waals surface area (Å²) in [7, 11) is 2.12. The lowest BCUT2D eigenvalue weighted by Gasteiger charge is -2.27. The number of hydrogen-bond donors (Lipinski definition) is 0. The normalized spacial score (nSPS) is 23.5. The van der Waals surface area contributed by atoms with Crippen molar-refractivity contribution >= 4 is 35.0 Å². The zero-order valence-corrected chi connectivity index (χ0v) is 15.3. The number of amidine groups is 1. The van der Waals surface area contributed by atoms with Gasteiger partial charge in [-0.05, 0) is 56.7 Å². The minimum atomic E-state index is -0.987. The van der Waals surface area contributed by atoms with E-state index >= 15 is 0 Å². The topological polar surface area (TPSA) is 46.4 Å². The fourth-order valence-electron chi connectivity index (χ4n) is 4.09. The number of carbonyl (C=O) groups excluding carboxylic acids is 1. The van der Waals surface area contributed by atoms with Crippen LogP contribution in [0.25, 0.3) is 0 Å². The van der Waals surface area contributed by atoms with E-state index in [-0.39, 0.29) is 6.42 Å². The third-order valence-electron chi connectivity index (χ3n) is 5.16. The number of nitrogens with zero attached hydrogens (tertiary/aromatic N) is 2. The number of rotatable bonds is 5. The molecule has 0 bridgehead atoms. The maximum atomic E-state index is 10.8. The van der Waals surface area contributed by atoms with Gasteiger partial charge in [-0.3, -0.25) is 9.48 Å². The second kappa shape index (κ2) is 7.32. The molecule has 4 nitrogen and oxygen atoms in total. The Morgan fingerprint density at radius 1 is 1.29 bits per heavy atom. The molecule has 0 saturated heterocycles. The Hall–Kier alpha value is -1.26. The smallest absolute Gasteiger partial charge is 0.279 e. The van der Waals surface area contributed by atoms with E-state index < -0.39 is 5.97 Å². The van der Waals surface area contributed by atoms with Gasteiger partial charge in [-0.2, -0.15) is 0 Å². The first-order chi connectivity index (χ1) is 11.5. The molecule has 130 valence electrons. The predicted octanol–water partition coefficient (Wildman–Crippen LogP) is 2.54. The number of carbonyl (C=O) groups is 1. The average molecular weight is 369 g/mol. The number of fused-ring (bicyclic) bond motifs is 1. The first-order valence-electron chi connectivity index (χ1n) is 8.50. The lowest BCUT2D eigenvalue weighted by Crippen LogP contribution is -2.43. The summed E-state index contributed by atoms with van der Waals surface area (Å²) < 4.78 is 2.34. The molecule has 0 aromatic heterocycles. The van der Waals surface area contributed by atoms with Crippen LogP contribution in [0.5, 0.6) is 0 Å². The lowest BCUT2D eigenvalue weighted by atomic mass is 9.90. The van der Waals surface area contributed by atoms with Crippen LogP contribution in [0.1, 0.15) is 44.1 Å². The molecule has 0 radical (unpaired) electrons. The molecule has 0 spiro atoms. The number of likely N-dealkylation sites (N-methyl/N-ethyl adjacent to an activating group) is 1. The lowest BCUT2D eigenvalue weighted by molar-refractivity contribution is -0.533. The molecule has 2 aliphatic rings. The largest absolute Gasteiger partial charge is 0.550 e. The van der Waals surface area contributed by atoms with Gasteiger partial charge in [0.15, 0.2) is 0 Å². The van der Waals surface area contributed by atoms with Gasteiger partial charge in [-0.25, -0.2) is 0 Å². The molecule has 0 amide bonds. The summed E-state index contributed by atoms with van der Waals surface area (Å²) in [5, 5.41) is 11.9. The van der Waals surface area contributed by atoms with E-state index in [2.05, 4.69) is 16.5 Å². The molecule has 1 heterocycles. The zero-order valence-electron chi connectivity index (χ0n) is 13.8. The van der Waals surface area contributed by atoms with Crippen LogP contribution in [0.3, 0.4) is 0 Å². The van der Waals surface area contributed by atoms with Gasteiger partial charge in [-0.15, -0.1) is 0 Å². The number of halogens is 2. The van der Waals surface area contributed by atoms with Crippen molar-refractivity contribution in [1.82, 2.24) is 4.90 Å². The summed E-state index contributed by atoms with van der Waals surface area (Å²) in [6, 6.07) is 6.63. The maximum Gasteiger partial charge on any atom is 0.279 e. The van der Waals surface area contributed by atoms with E-state index in [0.29, 0.717) is 28.5 Å². The Labute approximate surface area is 152 Å². The number of carboxylic acids is 1. The molecule has 24 heavy (non-hydrogen) atoms.